The summed E-state index contributed by atoms with van der Waals surface area (Å²) in [7, 11) is 0. The van der Waals surface area contributed by atoms with E-state index in [-0.39, 0.29) is 6.61 Å². The third-order valence-electron chi connectivity index (χ3n) is 1.97. The monoisotopic (exact) mass is 170 g/mol. The Bertz CT molecular complexity index is 241. The largest absolute Gasteiger partial charge is 0.392 e. The van der Waals surface area contributed by atoms with E-state index in [0.29, 0.717) is 0 Å². The van der Waals surface area contributed by atoms with Crippen molar-refractivity contribution in [3.63, 3.8) is 0 Å². The molecule has 1 aromatic rings. The molecule has 0 saturated carbocycles. The smallest absolute Gasteiger partial charge is 0.0812 e. The maximum atomic E-state index is 8.95. The molecule has 0 aliphatic carbocycles. The van der Waals surface area contributed by atoms with Crippen molar-refractivity contribution in [2.75, 3.05) is 6.61 Å². The van der Waals surface area contributed by atoms with E-state index in [1.807, 2.05) is 5.38 Å². The molecule has 0 unspecified atom stereocenters. The standard InChI is InChI=1S/C8H10O2S/c9-3-6-5-11-8-4-10-2-1-7(6)8/h5,9H,1-4H2. The van der Waals surface area contributed by atoms with Crippen LogP contribution in [0, 0.1) is 0 Å². The molecule has 0 spiro atoms. The van der Waals surface area contributed by atoms with Crippen molar-refractivity contribution in [3.8, 4) is 0 Å². The Labute approximate surface area is 69.4 Å². The fraction of sp³-hybridized carbons (Fsp3) is 0.500. The van der Waals surface area contributed by atoms with Gasteiger partial charge in [-0.05, 0) is 22.9 Å². The van der Waals surface area contributed by atoms with Gasteiger partial charge < -0.3 is 9.84 Å². The van der Waals surface area contributed by atoms with Crippen molar-refractivity contribution in [1.29, 1.82) is 0 Å². The zero-order valence-corrected chi connectivity index (χ0v) is 6.99. The van der Waals surface area contributed by atoms with Crippen LogP contribution in [0.15, 0.2) is 5.38 Å². The Hall–Kier alpha value is -0.380. The Morgan fingerprint density at radius 3 is 3.36 bits per heavy atom. The molecule has 2 heterocycles. The van der Waals surface area contributed by atoms with E-state index in [2.05, 4.69) is 0 Å². The van der Waals surface area contributed by atoms with Gasteiger partial charge in [0.1, 0.15) is 0 Å². The van der Waals surface area contributed by atoms with Crippen LogP contribution in [0.4, 0.5) is 0 Å². The number of fused-ring (bicyclic) bond motifs is 1. The lowest BCUT2D eigenvalue weighted by molar-refractivity contribution is 0.113. The SMILES string of the molecule is OCc1csc2c1CCOC2. The maximum Gasteiger partial charge on any atom is 0.0812 e. The molecule has 60 valence electrons. The molecule has 2 nitrogen and oxygen atoms in total. The number of ether oxygens (including phenoxy) is 1. The summed E-state index contributed by atoms with van der Waals surface area (Å²) < 4.78 is 5.28. The van der Waals surface area contributed by atoms with Crippen LogP contribution < -0.4 is 0 Å². The molecule has 0 radical (unpaired) electrons. The summed E-state index contributed by atoms with van der Waals surface area (Å²) in [4.78, 5) is 1.29. The van der Waals surface area contributed by atoms with E-state index < -0.39 is 0 Å². The number of hydrogen-bond donors (Lipinski definition) is 1. The van der Waals surface area contributed by atoms with Crippen molar-refractivity contribution in [2.24, 2.45) is 0 Å². The lowest BCUT2D eigenvalue weighted by atomic mass is 10.1. The number of thiophene rings is 1. The molecule has 11 heavy (non-hydrogen) atoms. The minimum atomic E-state index is 0.172. The minimum absolute atomic E-state index is 0.172. The normalized spacial score (nSPS) is 16.5. The second kappa shape index (κ2) is 2.93. The van der Waals surface area contributed by atoms with Crippen LogP contribution in [-0.4, -0.2) is 11.7 Å². The zero-order valence-electron chi connectivity index (χ0n) is 6.17. The van der Waals surface area contributed by atoms with Crippen LogP contribution in [0.5, 0.6) is 0 Å². The van der Waals surface area contributed by atoms with Crippen LogP contribution in [0.3, 0.4) is 0 Å². The summed E-state index contributed by atoms with van der Waals surface area (Å²) in [6.07, 6.45) is 0.967. The van der Waals surface area contributed by atoms with Gasteiger partial charge in [0.2, 0.25) is 0 Å². The highest BCUT2D eigenvalue weighted by Crippen LogP contribution is 2.26. The summed E-state index contributed by atoms with van der Waals surface area (Å²) in [6.45, 7) is 1.71. The van der Waals surface area contributed by atoms with E-state index in [1.165, 1.54) is 10.4 Å². The molecule has 0 fully saturated rings. The minimum Gasteiger partial charge on any atom is -0.392 e. The predicted octanol–water partition coefficient (Wildman–Crippen LogP) is 1.31. The molecule has 0 bridgehead atoms. The molecule has 0 atom stereocenters. The molecule has 1 N–H and O–H groups in total. The molecule has 0 saturated heterocycles. The topological polar surface area (TPSA) is 29.5 Å². The van der Waals surface area contributed by atoms with Crippen molar-refractivity contribution >= 4 is 11.3 Å². The molecule has 3 heteroatoms. The van der Waals surface area contributed by atoms with Gasteiger partial charge in [-0.15, -0.1) is 11.3 Å². The lowest BCUT2D eigenvalue weighted by Gasteiger charge is -2.12. The van der Waals surface area contributed by atoms with Crippen LogP contribution in [0.25, 0.3) is 0 Å². The van der Waals surface area contributed by atoms with Crippen molar-refractivity contribution < 1.29 is 9.84 Å². The second-order valence-corrected chi connectivity index (χ2v) is 3.59. The molecule has 2 rings (SSSR count). The number of hydrogen-bond acceptors (Lipinski definition) is 3. The van der Waals surface area contributed by atoms with Gasteiger partial charge in [-0.3, -0.25) is 0 Å². The number of aliphatic hydroxyl groups is 1. The zero-order chi connectivity index (χ0) is 7.68. The highest BCUT2D eigenvalue weighted by Gasteiger charge is 2.14. The van der Waals surface area contributed by atoms with Gasteiger partial charge in [-0.25, -0.2) is 0 Å². The van der Waals surface area contributed by atoms with Crippen LogP contribution in [0.1, 0.15) is 16.0 Å². The van der Waals surface area contributed by atoms with E-state index >= 15 is 0 Å². The molecular weight excluding hydrogens is 160 g/mol. The summed E-state index contributed by atoms with van der Waals surface area (Å²) in [5.41, 5.74) is 2.41. The van der Waals surface area contributed by atoms with Gasteiger partial charge in [0.25, 0.3) is 0 Å². The molecule has 0 aromatic carbocycles. The van der Waals surface area contributed by atoms with Crippen molar-refractivity contribution in [1.82, 2.24) is 0 Å². The van der Waals surface area contributed by atoms with Crippen molar-refractivity contribution in [3.05, 3.63) is 21.4 Å². The Balaban J connectivity index is 2.38. The quantitative estimate of drug-likeness (QED) is 0.688. The highest BCUT2D eigenvalue weighted by atomic mass is 32.1. The predicted molar refractivity (Wildman–Crippen MR) is 43.6 cm³/mol. The third-order valence-corrected chi connectivity index (χ3v) is 3.02. The van der Waals surface area contributed by atoms with Gasteiger partial charge in [0, 0.05) is 4.88 Å². The first-order valence-electron chi connectivity index (χ1n) is 3.68. The average Bonchev–Trinajstić information content (AvgIpc) is 2.47. The second-order valence-electron chi connectivity index (χ2n) is 2.62. The van der Waals surface area contributed by atoms with E-state index in [9.17, 15) is 0 Å². The van der Waals surface area contributed by atoms with Crippen LogP contribution in [-0.2, 0) is 24.4 Å². The summed E-state index contributed by atoms with van der Waals surface area (Å²) in [6, 6.07) is 0. The van der Waals surface area contributed by atoms with Gasteiger partial charge in [-0.2, -0.15) is 0 Å². The number of rotatable bonds is 1. The Kier molecular flexibility index (Phi) is 1.94. The molecular formula is C8H10O2S. The fourth-order valence-corrected chi connectivity index (χ4v) is 2.38. The molecule has 1 aliphatic heterocycles. The van der Waals surface area contributed by atoms with E-state index in [1.54, 1.807) is 11.3 Å². The Morgan fingerprint density at radius 1 is 1.64 bits per heavy atom. The van der Waals surface area contributed by atoms with Gasteiger partial charge in [-0.1, -0.05) is 0 Å². The summed E-state index contributed by atoms with van der Waals surface area (Å²) in [5, 5.41) is 11.0. The van der Waals surface area contributed by atoms with Crippen molar-refractivity contribution in [2.45, 2.75) is 19.6 Å². The van der Waals surface area contributed by atoms with Crippen LogP contribution in [0.2, 0.25) is 0 Å². The fourth-order valence-electron chi connectivity index (χ4n) is 1.36. The first-order valence-corrected chi connectivity index (χ1v) is 4.56. The molecule has 0 amide bonds. The van der Waals surface area contributed by atoms with Gasteiger partial charge >= 0.3 is 0 Å². The Morgan fingerprint density at radius 2 is 2.55 bits per heavy atom. The summed E-state index contributed by atoms with van der Waals surface area (Å²) >= 11 is 1.69. The average molecular weight is 170 g/mol. The third kappa shape index (κ3) is 1.20. The first kappa shape index (κ1) is 7.28. The molecule has 1 aromatic heterocycles. The van der Waals surface area contributed by atoms with Gasteiger partial charge in [0.05, 0.1) is 19.8 Å². The molecule has 1 aliphatic rings. The number of aliphatic hydroxyl groups excluding tert-OH is 1. The van der Waals surface area contributed by atoms with Crippen LogP contribution >= 0.6 is 11.3 Å². The summed E-state index contributed by atoms with van der Waals surface area (Å²) in [5.74, 6) is 0. The first-order chi connectivity index (χ1) is 5.42. The van der Waals surface area contributed by atoms with E-state index in [0.717, 1.165) is 25.2 Å². The lowest BCUT2D eigenvalue weighted by Crippen LogP contribution is -2.08. The van der Waals surface area contributed by atoms with Gasteiger partial charge in [0.15, 0.2) is 0 Å². The maximum absolute atomic E-state index is 8.95. The van der Waals surface area contributed by atoms with E-state index in [4.69, 9.17) is 9.84 Å². The highest BCUT2D eigenvalue weighted by molar-refractivity contribution is 7.10.